The van der Waals surface area contributed by atoms with Gasteiger partial charge in [0.2, 0.25) is 10.0 Å². The fourth-order valence-corrected chi connectivity index (χ4v) is 3.44. The molecule has 1 heterocycles. The van der Waals surface area contributed by atoms with Crippen molar-refractivity contribution in [1.29, 1.82) is 0 Å². The molecule has 132 valence electrons. The number of hydrogen-bond donors (Lipinski definition) is 1. The zero-order chi connectivity index (χ0) is 17.9. The monoisotopic (exact) mass is 362 g/mol. The van der Waals surface area contributed by atoms with Crippen molar-refractivity contribution in [3.63, 3.8) is 0 Å². The second-order valence-corrected chi connectivity index (χ2v) is 7.24. The second kappa shape index (κ2) is 7.12. The van der Waals surface area contributed by atoms with Gasteiger partial charge in [-0.3, -0.25) is 4.57 Å². The van der Waals surface area contributed by atoms with Gasteiger partial charge in [0.1, 0.15) is 5.75 Å². The molecule has 0 unspecified atom stereocenters. The minimum absolute atomic E-state index is 0.0540. The molecule has 25 heavy (non-hydrogen) atoms. The van der Waals surface area contributed by atoms with Gasteiger partial charge >= 0.3 is 5.76 Å². The lowest BCUT2D eigenvalue weighted by Gasteiger charge is -2.08. The summed E-state index contributed by atoms with van der Waals surface area (Å²) in [6, 6.07) is 13.7. The van der Waals surface area contributed by atoms with Crippen LogP contribution in [-0.4, -0.2) is 26.1 Å². The van der Waals surface area contributed by atoms with E-state index in [1.165, 1.54) is 16.7 Å². The van der Waals surface area contributed by atoms with Crippen LogP contribution < -0.4 is 15.2 Å². The molecule has 1 N–H and O–H groups in total. The molecule has 0 spiro atoms. The number of benzene rings is 2. The van der Waals surface area contributed by atoms with Crippen LogP contribution in [0.5, 0.6) is 5.75 Å². The Morgan fingerprint density at radius 1 is 1.16 bits per heavy atom. The van der Waals surface area contributed by atoms with E-state index in [9.17, 15) is 13.2 Å². The summed E-state index contributed by atoms with van der Waals surface area (Å²) in [5.41, 5.74) is 0.781. The molecule has 0 bridgehead atoms. The minimum Gasteiger partial charge on any atom is -0.494 e. The number of sulfonamides is 1. The number of hydrogen-bond acceptors (Lipinski definition) is 5. The smallest absolute Gasteiger partial charge is 0.419 e. The number of rotatable bonds is 7. The average Bonchev–Trinajstić information content (AvgIpc) is 2.89. The molecule has 8 heteroatoms. The molecule has 0 aliphatic carbocycles. The summed E-state index contributed by atoms with van der Waals surface area (Å²) in [7, 11) is -2.11. The predicted molar refractivity (Wildman–Crippen MR) is 93.2 cm³/mol. The molecule has 0 saturated heterocycles. The van der Waals surface area contributed by atoms with Gasteiger partial charge in [-0.15, -0.1) is 0 Å². The van der Waals surface area contributed by atoms with E-state index in [4.69, 9.17) is 9.15 Å². The van der Waals surface area contributed by atoms with Gasteiger partial charge in [0.15, 0.2) is 5.58 Å². The summed E-state index contributed by atoms with van der Waals surface area (Å²) in [6.45, 7) is 0.644. The first-order valence-corrected chi connectivity index (χ1v) is 9.23. The standard InChI is InChI=1S/C17H18N2O5S/c1-19-15-9-8-14(12-16(15)24-17(19)20)25(21,22)18-10-5-11-23-13-6-3-2-4-7-13/h2-4,6-9,12,18H,5,10-11H2,1H3. The number of aromatic nitrogens is 1. The van der Waals surface area contributed by atoms with E-state index in [1.54, 1.807) is 13.1 Å². The molecule has 1 aromatic heterocycles. The van der Waals surface area contributed by atoms with Crippen LogP contribution in [0.1, 0.15) is 6.42 Å². The average molecular weight is 362 g/mol. The Bertz CT molecular complexity index is 1020. The van der Waals surface area contributed by atoms with Crippen molar-refractivity contribution in [3.05, 3.63) is 59.1 Å². The molecule has 0 amide bonds. The summed E-state index contributed by atoms with van der Waals surface area (Å²) >= 11 is 0. The van der Waals surface area contributed by atoms with Gasteiger partial charge in [0.05, 0.1) is 17.0 Å². The van der Waals surface area contributed by atoms with Crippen LogP contribution in [0, 0.1) is 0 Å². The highest BCUT2D eigenvalue weighted by atomic mass is 32.2. The predicted octanol–water partition coefficient (Wildman–Crippen LogP) is 1.88. The summed E-state index contributed by atoms with van der Waals surface area (Å²) in [4.78, 5) is 11.5. The molecule has 0 radical (unpaired) electrons. The van der Waals surface area contributed by atoms with Gasteiger partial charge < -0.3 is 9.15 Å². The fraction of sp³-hybridized carbons (Fsp3) is 0.235. The van der Waals surface area contributed by atoms with Crippen LogP contribution in [0.25, 0.3) is 11.1 Å². The highest BCUT2D eigenvalue weighted by molar-refractivity contribution is 7.89. The third-order valence-electron chi connectivity index (χ3n) is 3.70. The Morgan fingerprint density at radius 2 is 1.92 bits per heavy atom. The number of nitrogens with one attached hydrogen (secondary N) is 1. The van der Waals surface area contributed by atoms with E-state index in [0.717, 1.165) is 5.75 Å². The summed E-state index contributed by atoms with van der Waals surface area (Å²) in [6.07, 6.45) is 0.525. The highest BCUT2D eigenvalue weighted by Gasteiger charge is 2.16. The van der Waals surface area contributed by atoms with Gasteiger partial charge in [0, 0.05) is 19.7 Å². The van der Waals surface area contributed by atoms with Gasteiger partial charge in [-0.05, 0) is 30.7 Å². The van der Waals surface area contributed by atoms with Crippen LogP contribution in [-0.2, 0) is 17.1 Å². The maximum atomic E-state index is 12.3. The van der Waals surface area contributed by atoms with Crippen molar-refractivity contribution < 1.29 is 17.6 Å². The van der Waals surface area contributed by atoms with E-state index in [0.29, 0.717) is 18.5 Å². The molecule has 0 saturated carbocycles. The normalized spacial score (nSPS) is 11.7. The SMILES string of the molecule is Cn1c(=O)oc2cc(S(=O)(=O)NCCCOc3ccccc3)ccc21. The van der Waals surface area contributed by atoms with Crippen LogP contribution >= 0.6 is 0 Å². The van der Waals surface area contributed by atoms with Gasteiger partial charge in [-0.1, -0.05) is 18.2 Å². The molecular formula is C17H18N2O5S. The lowest BCUT2D eigenvalue weighted by atomic mass is 10.3. The summed E-state index contributed by atoms with van der Waals surface area (Å²) < 4.78 is 39.0. The molecule has 3 rings (SSSR count). The zero-order valence-electron chi connectivity index (χ0n) is 13.6. The van der Waals surface area contributed by atoms with Crippen LogP contribution in [0.15, 0.2) is 62.6 Å². The first kappa shape index (κ1) is 17.2. The Morgan fingerprint density at radius 3 is 2.68 bits per heavy atom. The summed E-state index contributed by atoms with van der Waals surface area (Å²) in [5, 5.41) is 0. The molecule has 3 aromatic rings. The lowest BCUT2D eigenvalue weighted by molar-refractivity contribution is 0.311. The zero-order valence-corrected chi connectivity index (χ0v) is 14.5. The third kappa shape index (κ3) is 3.92. The Labute approximate surface area is 144 Å². The third-order valence-corrected chi connectivity index (χ3v) is 5.16. The maximum absolute atomic E-state index is 12.3. The minimum atomic E-state index is -3.68. The molecule has 0 fully saturated rings. The molecule has 0 aliphatic heterocycles. The van der Waals surface area contributed by atoms with Crippen molar-refractivity contribution in [1.82, 2.24) is 9.29 Å². The van der Waals surface area contributed by atoms with Crippen LogP contribution in [0.2, 0.25) is 0 Å². The number of ether oxygens (including phenoxy) is 1. The van der Waals surface area contributed by atoms with Crippen LogP contribution in [0.3, 0.4) is 0 Å². The van der Waals surface area contributed by atoms with E-state index in [2.05, 4.69) is 4.72 Å². The van der Waals surface area contributed by atoms with Crippen LogP contribution in [0.4, 0.5) is 0 Å². The Hall–Kier alpha value is -2.58. The number of fused-ring (bicyclic) bond motifs is 1. The molecule has 7 nitrogen and oxygen atoms in total. The van der Waals surface area contributed by atoms with Crippen molar-refractivity contribution >= 4 is 21.1 Å². The maximum Gasteiger partial charge on any atom is 0.419 e. The van der Waals surface area contributed by atoms with Crippen molar-refractivity contribution in [2.24, 2.45) is 7.05 Å². The summed E-state index contributed by atoms with van der Waals surface area (Å²) in [5.74, 6) is 0.213. The van der Waals surface area contributed by atoms with Crippen molar-refractivity contribution in [2.75, 3.05) is 13.2 Å². The van der Waals surface area contributed by atoms with E-state index >= 15 is 0 Å². The quantitative estimate of drug-likeness (QED) is 0.648. The van der Waals surface area contributed by atoms with E-state index < -0.39 is 15.8 Å². The highest BCUT2D eigenvalue weighted by Crippen LogP contribution is 2.17. The molecule has 0 aliphatic rings. The molecular weight excluding hydrogens is 344 g/mol. The van der Waals surface area contributed by atoms with Crippen molar-refractivity contribution in [2.45, 2.75) is 11.3 Å². The number of oxazole rings is 1. The van der Waals surface area contributed by atoms with Gasteiger partial charge in [0.25, 0.3) is 0 Å². The first-order valence-electron chi connectivity index (χ1n) is 7.74. The fourth-order valence-electron chi connectivity index (χ4n) is 2.35. The van der Waals surface area contributed by atoms with E-state index in [1.807, 2.05) is 30.3 Å². The number of para-hydroxylation sites is 1. The Balaban J connectivity index is 1.59. The van der Waals surface area contributed by atoms with Gasteiger partial charge in [-0.2, -0.15) is 0 Å². The topological polar surface area (TPSA) is 90.5 Å². The number of aryl methyl sites for hydroxylation is 1. The first-order chi connectivity index (χ1) is 12.0. The van der Waals surface area contributed by atoms with Gasteiger partial charge in [-0.25, -0.2) is 17.9 Å². The second-order valence-electron chi connectivity index (χ2n) is 5.47. The van der Waals surface area contributed by atoms with Crippen molar-refractivity contribution in [3.8, 4) is 5.75 Å². The number of nitrogens with zero attached hydrogens (tertiary/aromatic N) is 1. The lowest BCUT2D eigenvalue weighted by Crippen LogP contribution is -2.25. The Kier molecular flexibility index (Phi) is 4.91. The molecule has 0 atom stereocenters. The molecule has 2 aromatic carbocycles. The largest absolute Gasteiger partial charge is 0.494 e. The van der Waals surface area contributed by atoms with E-state index in [-0.39, 0.29) is 17.0 Å².